The fourth-order valence-corrected chi connectivity index (χ4v) is 4.21. The van der Waals surface area contributed by atoms with Gasteiger partial charge in [-0.3, -0.25) is 0 Å². The Morgan fingerprint density at radius 2 is 1.49 bits per heavy atom. The molecule has 14 heteroatoms. The molecule has 0 saturated heterocycles. The standard InChI is InChI=1S/C25H25F9N2O3/c1-4-18-11-20(35-12-14-7-16(24(29,30)31)9-17(8-14)25(32,33)34)19-10-15(23(26,27)28)5-6-21(19)36(18)39-22(37)38-13(2)3/h5-10,13,18,20,35H,4,11-12H2,1-3H3/t18-,20+/m1/s1. The number of nitrogens with zero attached hydrogens (tertiary/aromatic N) is 1. The molecule has 0 aromatic heterocycles. The average molecular weight is 572 g/mol. The molecule has 2 aromatic rings. The third-order valence-corrected chi connectivity index (χ3v) is 5.98. The van der Waals surface area contributed by atoms with E-state index in [0.29, 0.717) is 18.6 Å². The smallest absolute Gasteiger partial charge is 0.430 e. The molecule has 0 spiro atoms. The van der Waals surface area contributed by atoms with E-state index in [0.717, 1.165) is 23.3 Å². The number of hydrogen-bond donors (Lipinski definition) is 1. The molecule has 216 valence electrons. The molecule has 0 unspecified atom stereocenters. The number of nitrogens with one attached hydrogen (secondary N) is 1. The van der Waals surface area contributed by atoms with Crippen LogP contribution in [0, 0.1) is 0 Å². The van der Waals surface area contributed by atoms with Crippen molar-refractivity contribution in [2.45, 2.75) is 76.9 Å². The molecule has 1 aliphatic rings. The van der Waals surface area contributed by atoms with Crippen LogP contribution in [0.2, 0.25) is 0 Å². The molecule has 0 bridgehead atoms. The van der Waals surface area contributed by atoms with E-state index in [1.807, 2.05) is 0 Å². The Hall–Kier alpha value is -3.16. The zero-order valence-corrected chi connectivity index (χ0v) is 20.9. The van der Waals surface area contributed by atoms with Crippen molar-refractivity contribution < 1.29 is 53.9 Å². The molecule has 3 rings (SSSR count). The SMILES string of the molecule is CC[C@@H]1C[C@H](NCc2cc(C(F)(F)F)cc(C(F)(F)F)c2)c2cc(C(F)(F)F)ccc2N1OC(=O)OC(C)C. The van der Waals surface area contributed by atoms with Gasteiger partial charge < -0.3 is 14.9 Å². The molecule has 0 amide bonds. The zero-order valence-electron chi connectivity index (χ0n) is 20.9. The lowest BCUT2D eigenvalue weighted by Crippen LogP contribution is -2.44. The molecule has 0 saturated carbocycles. The highest BCUT2D eigenvalue weighted by Gasteiger charge is 2.39. The van der Waals surface area contributed by atoms with Gasteiger partial charge in [-0.05, 0) is 74.2 Å². The monoisotopic (exact) mass is 572 g/mol. The number of carbonyl (C=O) groups is 1. The first-order valence-corrected chi connectivity index (χ1v) is 11.8. The lowest BCUT2D eigenvalue weighted by molar-refractivity contribution is -0.143. The van der Waals surface area contributed by atoms with E-state index in [1.165, 1.54) is 0 Å². The van der Waals surface area contributed by atoms with Crippen LogP contribution in [0.4, 0.5) is 50.0 Å². The number of hydrogen-bond acceptors (Lipinski definition) is 5. The molecule has 5 nitrogen and oxygen atoms in total. The van der Waals surface area contributed by atoms with Crippen molar-refractivity contribution in [2.75, 3.05) is 5.06 Å². The number of ether oxygens (including phenoxy) is 1. The van der Waals surface area contributed by atoms with E-state index in [1.54, 1.807) is 20.8 Å². The van der Waals surface area contributed by atoms with Gasteiger partial charge in [-0.1, -0.05) is 6.92 Å². The molecule has 1 aliphatic heterocycles. The van der Waals surface area contributed by atoms with Crippen LogP contribution < -0.4 is 10.4 Å². The van der Waals surface area contributed by atoms with Gasteiger partial charge in [0.15, 0.2) is 0 Å². The second-order valence-electron chi connectivity index (χ2n) is 9.25. The van der Waals surface area contributed by atoms with Gasteiger partial charge in [0.1, 0.15) is 0 Å². The predicted octanol–water partition coefficient (Wildman–Crippen LogP) is 8.04. The minimum atomic E-state index is -5.05. The van der Waals surface area contributed by atoms with E-state index in [2.05, 4.69) is 5.32 Å². The Kier molecular flexibility index (Phi) is 8.68. The Balaban J connectivity index is 2.00. The van der Waals surface area contributed by atoms with Gasteiger partial charge in [0.05, 0.1) is 34.5 Å². The summed E-state index contributed by atoms with van der Waals surface area (Å²) in [6, 6.07) is 2.23. The van der Waals surface area contributed by atoms with Gasteiger partial charge in [-0.15, -0.1) is 0 Å². The van der Waals surface area contributed by atoms with Crippen molar-refractivity contribution >= 4 is 11.8 Å². The van der Waals surface area contributed by atoms with E-state index < -0.39 is 66.1 Å². The molecule has 1 heterocycles. The minimum absolute atomic E-state index is 0.00473. The summed E-state index contributed by atoms with van der Waals surface area (Å²) in [5, 5.41) is 3.92. The number of hydroxylamine groups is 1. The molecule has 1 N–H and O–H groups in total. The third-order valence-electron chi connectivity index (χ3n) is 5.98. The maximum absolute atomic E-state index is 13.5. The van der Waals surface area contributed by atoms with Gasteiger partial charge in [0.2, 0.25) is 0 Å². The maximum Gasteiger partial charge on any atom is 0.533 e. The van der Waals surface area contributed by atoms with Crippen LogP contribution in [0.15, 0.2) is 36.4 Å². The first-order valence-electron chi connectivity index (χ1n) is 11.8. The Labute approximate surface area is 217 Å². The van der Waals surface area contributed by atoms with E-state index in [4.69, 9.17) is 9.57 Å². The highest BCUT2D eigenvalue weighted by atomic mass is 19.4. The van der Waals surface area contributed by atoms with Crippen LogP contribution >= 0.6 is 0 Å². The van der Waals surface area contributed by atoms with Crippen molar-refractivity contribution in [3.63, 3.8) is 0 Å². The van der Waals surface area contributed by atoms with Crippen LogP contribution in [-0.2, 0) is 34.6 Å². The van der Waals surface area contributed by atoms with Crippen molar-refractivity contribution in [1.82, 2.24) is 5.32 Å². The van der Waals surface area contributed by atoms with Gasteiger partial charge in [0, 0.05) is 12.6 Å². The Morgan fingerprint density at radius 3 is 1.97 bits per heavy atom. The zero-order chi connectivity index (χ0) is 29.3. The third kappa shape index (κ3) is 7.49. The maximum atomic E-state index is 13.5. The number of benzene rings is 2. The van der Waals surface area contributed by atoms with Crippen molar-refractivity contribution in [1.29, 1.82) is 0 Å². The Morgan fingerprint density at radius 1 is 0.923 bits per heavy atom. The summed E-state index contributed by atoms with van der Waals surface area (Å²) in [6.07, 6.45) is -16.1. The van der Waals surface area contributed by atoms with Crippen LogP contribution in [-0.4, -0.2) is 18.3 Å². The first-order chi connectivity index (χ1) is 17.9. The number of anilines is 1. The number of alkyl halides is 9. The quantitative estimate of drug-likeness (QED) is 0.281. The highest BCUT2D eigenvalue weighted by Crippen LogP contribution is 2.42. The highest BCUT2D eigenvalue weighted by molar-refractivity contribution is 5.65. The summed E-state index contributed by atoms with van der Waals surface area (Å²) in [5.41, 5.74) is -4.35. The largest absolute Gasteiger partial charge is 0.533 e. The second kappa shape index (κ2) is 11.1. The number of carbonyl (C=O) groups excluding carboxylic acids is 1. The molecular formula is C25H25F9N2O3. The average Bonchev–Trinajstić information content (AvgIpc) is 2.80. The summed E-state index contributed by atoms with van der Waals surface area (Å²) < 4.78 is 125. The Bertz CT molecular complexity index is 1140. The van der Waals surface area contributed by atoms with Gasteiger partial charge >= 0.3 is 24.7 Å². The topological polar surface area (TPSA) is 50.8 Å². The van der Waals surface area contributed by atoms with Gasteiger partial charge in [-0.2, -0.15) is 44.6 Å². The molecular weight excluding hydrogens is 547 g/mol. The summed E-state index contributed by atoms with van der Waals surface area (Å²) in [5.74, 6) is 0. The summed E-state index contributed by atoms with van der Waals surface area (Å²) >= 11 is 0. The molecule has 0 aliphatic carbocycles. The van der Waals surface area contributed by atoms with E-state index in [-0.39, 0.29) is 29.3 Å². The van der Waals surface area contributed by atoms with Gasteiger partial charge in [-0.25, -0.2) is 4.79 Å². The second-order valence-corrected chi connectivity index (χ2v) is 9.25. The minimum Gasteiger partial charge on any atom is -0.430 e. The fraction of sp³-hybridized carbons (Fsp3) is 0.480. The van der Waals surface area contributed by atoms with Crippen molar-refractivity contribution in [3.05, 3.63) is 64.2 Å². The first kappa shape index (κ1) is 30.4. The lowest BCUT2D eigenvalue weighted by atomic mass is 9.89. The molecule has 0 fully saturated rings. The van der Waals surface area contributed by atoms with E-state index in [9.17, 15) is 44.3 Å². The predicted molar refractivity (Wildman–Crippen MR) is 121 cm³/mol. The summed E-state index contributed by atoms with van der Waals surface area (Å²) in [6.45, 7) is 4.33. The molecule has 2 atom stereocenters. The number of halogens is 9. The lowest BCUT2D eigenvalue weighted by Gasteiger charge is -2.40. The van der Waals surface area contributed by atoms with Crippen molar-refractivity contribution in [2.24, 2.45) is 0 Å². The fourth-order valence-electron chi connectivity index (χ4n) is 4.21. The summed E-state index contributed by atoms with van der Waals surface area (Å²) in [4.78, 5) is 17.5. The van der Waals surface area contributed by atoms with Crippen LogP contribution in [0.3, 0.4) is 0 Å². The molecule has 2 aromatic carbocycles. The molecule has 0 radical (unpaired) electrons. The summed E-state index contributed by atoms with van der Waals surface area (Å²) in [7, 11) is 0. The van der Waals surface area contributed by atoms with Crippen molar-refractivity contribution in [3.8, 4) is 0 Å². The van der Waals surface area contributed by atoms with Crippen LogP contribution in [0.25, 0.3) is 0 Å². The number of fused-ring (bicyclic) bond motifs is 1. The normalized spacial score (nSPS) is 18.2. The van der Waals surface area contributed by atoms with Gasteiger partial charge in [0.25, 0.3) is 0 Å². The van der Waals surface area contributed by atoms with Crippen LogP contribution in [0.1, 0.15) is 67.5 Å². The van der Waals surface area contributed by atoms with E-state index >= 15 is 0 Å². The van der Waals surface area contributed by atoms with Crippen LogP contribution in [0.5, 0.6) is 0 Å². The number of rotatable bonds is 6. The molecule has 39 heavy (non-hydrogen) atoms.